The first-order valence-electron chi connectivity index (χ1n) is 8.65. The molecule has 3 heterocycles. The van der Waals surface area contributed by atoms with Gasteiger partial charge in [0.15, 0.2) is 29.3 Å². The number of halogens is 2. The number of fused-ring (bicyclic) bond motifs is 1. The molecule has 1 N–H and O–H groups in total. The summed E-state index contributed by atoms with van der Waals surface area (Å²) in [4.78, 5) is 20.5. The van der Waals surface area contributed by atoms with Gasteiger partial charge in [0.1, 0.15) is 5.69 Å². The van der Waals surface area contributed by atoms with Crippen molar-refractivity contribution in [1.29, 1.82) is 0 Å². The second kappa shape index (κ2) is 8.27. The molecule has 0 bridgehead atoms. The molecule has 0 aliphatic carbocycles. The van der Waals surface area contributed by atoms with Crippen molar-refractivity contribution in [2.45, 2.75) is 18.8 Å². The topological polar surface area (TPSA) is 107 Å². The van der Waals surface area contributed by atoms with E-state index in [0.717, 1.165) is 5.56 Å². The van der Waals surface area contributed by atoms with Gasteiger partial charge in [-0.15, -0.1) is 0 Å². The van der Waals surface area contributed by atoms with E-state index < -0.39 is 17.2 Å². The van der Waals surface area contributed by atoms with Crippen LogP contribution in [0.1, 0.15) is 28.6 Å². The van der Waals surface area contributed by atoms with Crippen molar-refractivity contribution in [3.63, 3.8) is 0 Å². The highest BCUT2D eigenvalue weighted by atomic mass is 35.5. The number of nitrogens with zero attached hydrogens (tertiary/aromatic N) is 4. The average molecular weight is 465 g/mol. The maximum Gasteiger partial charge on any atom is 0.241 e. The minimum atomic E-state index is -2.11. The molecule has 0 saturated carbocycles. The number of pyridine rings is 1. The minimum absolute atomic E-state index is 0.106. The van der Waals surface area contributed by atoms with Crippen molar-refractivity contribution in [2.75, 3.05) is 0 Å². The van der Waals surface area contributed by atoms with Crippen LogP contribution in [0.15, 0.2) is 41.5 Å². The monoisotopic (exact) mass is 464 g/mol. The fraction of sp³-hybridized carbons (Fsp3) is 0.158. The zero-order valence-electron chi connectivity index (χ0n) is 15.5. The molecular formula is C19H14Cl2N4O4S. The van der Waals surface area contributed by atoms with Crippen molar-refractivity contribution in [3.05, 3.63) is 69.1 Å². The number of carbonyl (C=O) groups is 1. The minimum Gasteiger partial charge on any atom is -0.460 e. The Balaban J connectivity index is 1.92. The van der Waals surface area contributed by atoms with Crippen LogP contribution in [0, 0.1) is 6.92 Å². The summed E-state index contributed by atoms with van der Waals surface area (Å²) in [6, 6.07) is 8.23. The highest BCUT2D eigenvalue weighted by Crippen LogP contribution is 2.38. The highest BCUT2D eigenvalue weighted by Gasteiger charge is 2.29. The molecule has 0 amide bonds. The van der Waals surface area contributed by atoms with Crippen LogP contribution in [0.25, 0.3) is 5.82 Å². The van der Waals surface area contributed by atoms with E-state index in [9.17, 15) is 13.6 Å². The molecule has 0 radical (unpaired) electrons. The Morgan fingerprint density at radius 3 is 2.83 bits per heavy atom. The predicted octanol–water partition coefficient (Wildman–Crippen LogP) is 3.95. The SMILES string of the molecule is Cc1cc(Cl)cc2c1N=C(c1cc(CS(=O)O)nn1-c1ncccc1Cl)OC2C=O. The first-order valence-corrected chi connectivity index (χ1v) is 10.7. The van der Waals surface area contributed by atoms with Crippen molar-refractivity contribution in [3.8, 4) is 5.82 Å². The van der Waals surface area contributed by atoms with Gasteiger partial charge in [0, 0.05) is 16.8 Å². The lowest BCUT2D eigenvalue weighted by Gasteiger charge is -2.24. The summed E-state index contributed by atoms with van der Waals surface area (Å²) in [5.74, 6) is 0.186. The van der Waals surface area contributed by atoms with Gasteiger partial charge >= 0.3 is 0 Å². The Kier molecular flexibility index (Phi) is 5.70. The number of benzene rings is 1. The van der Waals surface area contributed by atoms with Gasteiger partial charge in [-0.3, -0.25) is 4.79 Å². The Bertz CT molecular complexity index is 1210. The van der Waals surface area contributed by atoms with Crippen LogP contribution >= 0.6 is 23.2 Å². The summed E-state index contributed by atoms with van der Waals surface area (Å²) >= 11 is 10.3. The van der Waals surface area contributed by atoms with E-state index in [1.807, 2.05) is 6.92 Å². The molecule has 1 aliphatic heterocycles. The number of carbonyl (C=O) groups excluding carboxylic acids is 1. The van der Waals surface area contributed by atoms with Gasteiger partial charge in [-0.05, 0) is 42.8 Å². The van der Waals surface area contributed by atoms with Crippen LogP contribution in [0.3, 0.4) is 0 Å². The zero-order chi connectivity index (χ0) is 21.4. The van der Waals surface area contributed by atoms with E-state index in [1.165, 1.54) is 10.9 Å². The number of aromatic nitrogens is 3. The summed E-state index contributed by atoms with van der Waals surface area (Å²) in [6.45, 7) is 1.83. The third kappa shape index (κ3) is 3.89. The van der Waals surface area contributed by atoms with Crippen molar-refractivity contribution in [2.24, 2.45) is 4.99 Å². The highest BCUT2D eigenvalue weighted by molar-refractivity contribution is 7.78. The number of aliphatic imine (C=N–C) groups is 1. The molecule has 2 unspecified atom stereocenters. The number of hydrogen-bond donors (Lipinski definition) is 1. The maximum atomic E-state index is 11.7. The molecule has 0 spiro atoms. The van der Waals surface area contributed by atoms with Crippen LogP contribution in [0.4, 0.5) is 5.69 Å². The summed E-state index contributed by atoms with van der Waals surface area (Å²) in [5.41, 5.74) is 2.52. The Morgan fingerprint density at radius 1 is 1.33 bits per heavy atom. The number of aldehydes is 1. The third-order valence-corrected chi connectivity index (χ3v) is 5.42. The van der Waals surface area contributed by atoms with Gasteiger partial charge in [-0.25, -0.2) is 18.9 Å². The zero-order valence-corrected chi connectivity index (χ0v) is 17.8. The largest absolute Gasteiger partial charge is 0.460 e. The Morgan fingerprint density at radius 2 is 2.13 bits per heavy atom. The van der Waals surface area contributed by atoms with E-state index in [-0.39, 0.29) is 17.5 Å². The van der Waals surface area contributed by atoms with Gasteiger partial charge in [-0.2, -0.15) is 5.10 Å². The van der Waals surface area contributed by atoms with Crippen molar-refractivity contribution < 1.29 is 18.3 Å². The summed E-state index contributed by atoms with van der Waals surface area (Å²) < 4.78 is 27.8. The van der Waals surface area contributed by atoms with Gasteiger partial charge < -0.3 is 9.29 Å². The molecule has 0 fully saturated rings. The van der Waals surface area contributed by atoms with Gasteiger partial charge in [0.05, 0.1) is 22.2 Å². The summed E-state index contributed by atoms with van der Waals surface area (Å²) in [7, 11) is 0. The molecule has 11 heteroatoms. The van der Waals surface area contributed by atoms with E-state index in [0.29, 0.717) is 39.0 Å². The molecule has 1 aliphatic rings. The molecule has 4 rings (SSSR count). The second-order valence-electron chi connectivity index (χ2n) is 6.46. The van der Waals surface area contributed by atoms with Crippen molar-refractivity contribution >= 4 is 52.2 Å². The lowest BCUT2D eigenvalue weighted by molar-refractivity contribution is -0.114. The van der Waals surface area contributed by atoms with Crippen LogP contribution in [-0.2, 0) is 26.4 Å². The molecule has 2 atom stereocenters. The van der Waals surface area contributed by atoms with Crippen LogP contribution < -0.4 is 0 Å². The standard InChI is InChI=1S/C19H14Cl2N4O4S/c1-10-5-11(20)6-13-16(8-26)29-19(23-17(10)13)15-7-12(9-30(27)28)24-25(15)18-14(21)3-2-4-22-18/h2-8,16H,9H2,1H3,(H,27,28). The fourth-order valence-corrected chi connectivity index (χ4v) is 4.01. The molecular weight excluding hydrogens is 451 g/mol. The first kappa shape index (κ1) is 20.7. The molecule has 30 heavy (non-hydrogen) atoms. The normalized spacial score (nSPS) is 16.4. The van der Waals surface area contributed by atoms with Crippen LogP contribution in [0.5, 0.6) is 0 Å². The predicted molar refractivity (Wildman–Crippen MR) is 113 cm³/mol. The first-order chi connectivity index (χ1) is 14.4. The number of aryl methyl sites for hydroxylation is 1. The molecule has 1 aromatic carbocycles. The van der Waals surface area contributed by atoms with Crippen molar-refractivity contribution in [1.82, 2.24) is 14.8 Å². The Hall–Kier alpha value is -2.59. The molecule has 2 aromatic heterocycles. The summed E-state index contributed by atoms with van der Waals surface area (Å²) in [6.07, 6.45) is 1.26. The molecule has 3 aromatic rings. The third-order valence-electron chi connectivity index (χ3n) is 4.37. The number of ether oxygens (including phenoxy) is 1. The van der Waals surface area contributed by atoms with E-state index >= 15 is 0 Å². The van der Waals surface area contributed by atoms with E-state index in [1.54, 1.807) is 30.3 Å². The average Bonchev–Trinajstić information content (AvgIpc) is 3.10. The Labute approximate surface area is 183 Å². The maximum absolute atomic E-state index is 11.7. The van der Waals surface area contributed by atoms with E-state index in [2.05, 4.69) is 15.1 Å². The van der Waals surface area contributed by atoms with Gasteiger partial charge in [0.2, 0.25) is 5.90 Å². The van der Waals surface area contributed by atoms with Crippen LogP contribution in [-0.4, -0.2) is 35.7 Å². The lowest BCUT2D eigenvalue weighted by Crippen LogP contribution is -2.21. The van der Waals surface area contributed by atoms with Gasteiger partial charge in [-0.1, -0.05) is 23.2 Å². The van der Waals surface area contributed by atoms with E-state index in [4.69, 9.17) is 27.9 Å². The number of rotatable bonds is 5. The smallest absolute Gasteiger partial charge is 0.241 e. The second-order valence-corrected chi connectivity index (χ2v) is 8.23. The quantitative estimate of drug-likeness (QED) is 0.452. The number of hydrogen-bond acceptors (Lipinski definition) is 6. The lowest BCUT2D eigenvalue weighted by atomic mass is 10.0. The summed E-state index contributed by atoms with van der Waals surface area (Å²) in [5, 5.41) is 5.13. The molecule has 8 nitrogen and oxygen atoms in total. The van der Waals surface area contributed by atoms with Gasteiger partial charge in [0.25, 0.3) is 0 Å². The fourth-order valence-electron chi connectivity index (χ4n) is 3.14. The molecule has 0 saturated heterocycles. The molecule has 154 valence electrons. The van der Waals surface area contributed by atoms with Crippen LogP contribution in [0.2, 0.25) is 10.0 Å².